The monoisotopic (exact) mass is 167 g/mol. The molecule has 0 aliphatic heterocycles. The summed E-state index contributed by atoms with van der Waals surface area (Å²) in [5.41, 5.74) is 0. The molecular formula is C4H10NO4P. The molecule has 0 aromatic rings. The molecule has 0 heterocycles. The van der Waals surface area contributed by atoms with Crippen molar-refractivity contribution >= 4 is 14.2 Å². The molecule has 0 fully saturated rings. The standard InChI is InChI=1S/C4H10NO4P/c1-2-5-4(6)3-9-10(7)8/h10H,2-3H2,1H3,(H,5,6)(H,7,8). The van der Waals surface area contributed by atoms with Gasteiger partial charge in [-0.2, -0.15) is 0 Å². The van der Waals surface area contributed by atoms with Crippen molar-refractivity contribution in [2.75, 3.05) is 13.2 Å². The predicted octanol–water partition coefficient (Wildman–Crippen LogP) is -0.479. The summed E-state index contributed by atoms with van der Waals surface area (Å²) in [5, 5.41) is 2.40. The maximum Gasteiger partial charge on any atom is 0.317 e. The molecule has 0 saturated heterocycles. The van der Waals surface area contributed by atoms with Crippen LogP contribution in [0.4, 0.5) is 0 Å². The van der Waals surface area contributed by atoms with Crippen molar-refractivity contribution in [1.82, 2.24) is 5.32 Å². The van der Waals surface area contributed by atoms with Crippen LogP contribution in [0.2, 0.25) is 0 Å². The Morgan fingerprint density at radius 3 is 2.80 bits per heavy atom. The van der Waals surface area contributed by atoms with E-state index in [2.05, 4.69) is 9.84 Å². The lowest BCUT2D eigenvalue weighted by Gasteiger charge is -1.99. The van der Waals surface area contributed by atoms with Gasteiger partial charge in [-0.1, -0.05) is 0 Å². The topological polar surface area (TPSA) is 75.6 Å². The van der Waals surface area contributed by atoms with Crippen LogP contribution in [-0.4, -0.2) is 24.0 Å². The molecule has 0 bridgehead atoms. The van der Waals surface area contributed by atoms with Gasteiger partial charge in [0, 0.05) is 6.54 Å². The zero-order chi connectivity index (χ0) is 7.98. The van der Waals surface area contributed by atoms with E-state index in [1.165, 1.54) is 0 Å². The van der Waals surface area contributed by atoms with E-state index in [0.29, 0.717) is 6.54 Å². The minimum absolute atomic E-state index is 0.345. The van der Waals surface area contributed by atoms with Gasteiger partial charge in [-0.15, -0.1) is 0 Å². The highest BCUT2D eigenvalue weighted by Gasteiger charge is 1.99. The van der Waals surface area contributed by atoms with Crippen LogP contribution in [0, 0.1) is 0 Å². The molecule has 0 rings (SSSR count). The number of hydrogen-bond donors (Lipinski definition) is 2. The number of carbonyl (C=O) groups excluding carboxylic acids is 1. The van der Waals surface area contributed by atoms with E-state index >= 15 is 0 Å². The van der Waals surface area contributed by atoms with Gasteiger partial charge >= 0.3 is 8.25 Å². The predicted molar refractivity (Wildman–Crippen MR) is 35.9 cm³/mol. The molecule has 6 heteroatoms. The average molecular weight is 167 g/mol. The maximum atomic E-state index is 10.5. The fourth-order valence-electron chi connectivity index (χ4n) is 0.375. The summed E-state index contributed by atoms with van der Waals surface area (Å²) in [7, 11) is -2.96. The van der Waals surface area contributed by atoms with Gasteiger partial charge in [0.25, 0.3) is 0 Å². The number of carbonyl (C=O) groups is 1. The van der Waals surface area contributed by atoms with Crippen LogP contribution < -0.4 is 5.32 Å². The van der Waals surface area contributed by atoms with Gasteiger partial charge in [-0.05, 0) is 6.92 Å². The zero-order valence-electron chi connectivity index (χ0n) is 5.59. The average Bonchev–Trinajstić information content (AvgIpc) is 1.85. The smallest absolute Gasteiger partial charge is 0.317 e. The van der Waals surface area contributed by atoms with E-state index in [1.807, 2.05) is 0 Å². The summed E-state index contributed by atoms with van der Waals surface area (Å²) in [6.45, 7) is 1.90. The Morgan fingerprint density at radius 2 is 2.40 bits per heavy atom. The third kappa shape index (κ3) is 5.75. The van der Waals surface area contributed by atoms with E-state index in [4.69, 9.17) is 4.89 Å². The van der Waals surface area contributed by atoms with E-state index in [0.717, 1.165) is 0 Å². The molecule has 0 aliphatic rings. The lowest BCUT2D eigenvalue weighted by Crippen LogP contribution is -2.26. The van der Waals surface area contributed by atoms with E-state index in [1.54, 1.807) is 6.92 Å². The van der Waals surface area contributed by atoms with Gasteiger partial charge in [0.1, 0.15) is 6.61 Å². The number of nitrogens with one attached hydrogen (secondary N) is 1. The third-order valence-electron chi connectivity index (χ3n) is 0.701. The molecule has 10 heavy (non-hydrogen) atoms. The number of rotatable bonds is 4. The molecule has 1 unspecified atom stereocenters. The van der Waals surface area contributed by atoms with Crippen molar-refractivity contribution in [3.05, 3.63) is 0 Å². The van der Waals surface area contributed by atoms with Crippen LogP contribution in [-0.2, 0) is 13.9 Å². The third-order valence-corrected chi connectivity index (χ3v) is 1.09. The molecule has 1 atom stereocenters. The molecule has 0 aromatic carbocycles. The highest BCUT2D eigenvalue weighted by atomic mass is 31.1. The Labute approximate surface area is 59.3 Å². The van der Waals surface area contributed by atoms with Gasteiger partial charge in [-0.25, -0.2) is 0 Å². The Kier molecular flexibility index (Phi) is 5.20. The first-order valence-electron chi connectivity index (χ1n) is 2.79. The van der Waals surface area contributed by atoms with Crippen molar-refractivity contribution in [3.8, 4) is 0 Å². The number of likely N-dealkylation sites (N-methyl/N-ethyl adjacent to an activating group) is 1. The van der Waals surface area contributed by atoms with Crippen LogP contribution in [0.1, 0.15) is 6.92 Å². The quantitative estimate of drug-likeness (QED) is 0.554. The van der Waals surface area contributed by atoms with Crippen LogP contribution in [0.3, 0.4) is 0 Å². The second kappa shape index (κ2) is 5.41. The minimum Gasteiger partial charge on any atom is -0.354 e. The Hall–Kier alpha value is -0.380. The van der Waals surface area contributed by atoms with Gasteiger partial charge < -0.3 is 14.7 Å². The summed E-state index contributed by atoms with van der Waals surface area (Å²) >= 11 is 0. The van der Waals surface area contributed by atoms with Gasteiger partial charge in [-0.3, -0.25) is 9.36 Å². The van der Waals surface area contributed by atoms with Crippen molar-refractivity contribution in [1.29, 1.82) is 0 Å². The molecule has 2 N–H and O–H groups in total. The summed E-state index contributed by atoms with van der Waals surface area (Å²) in [6, 6.07) is 0. The second-order valence-electron chi connectivity index (χ2n) is 1.51. The van der Waals surface area contributed by atoms with Crippen LogP contribution in [0.15, 0.2) is 0 Å². The second-order valence-corrected chi connectivity index (χ2v) is 2.33. The first-order chi connectivity index (χ1) is 4.66. The highest BCUT2D eigenvalue weighted by Crippen LogP contribution is 2.12. The van der Waals surface area contributed by atoms with Crippen LogP contribution >= 0.6 is 8.25 Å². The first kappa shape index (κ1) is 9.62. The van der Waals surface area contributed by atoms with Gasteiger partial charge in [0.15, 0.2) is 0 Å². The summed E-state index contributed by atoms with van der Waals surface area (Å²) in [4.78, 5) is 18.6. The summed E-state index contributed by atoms with van der Waals surface area (Å²) in [5.74, 6) is -0.380. The summed E-state index contributed by atoms with van der Waals surface area (Å²) in [6.07, 6.45) is 0. The molecular weight excluding hydrogens is 157 g/mol. The Balaban J connectivity index is 3.30. The zero-order valence-corrected chi connectivity index (χ0v) is 6.59. The fourth-order valence-corrected chi connectivity index (χ4v) is 0.630. The molecule has 0 radical (unpaired) electrons. The number of hydrogen-bond acceptors (Lipinski definition) is 3. The van der Waals surface area contributed by atoms with Crippen molar-refractivity contribution in [2.45, 2.75) is 6.92 Å². The van der Waals surface area contributed by atoms with Gasteiger partial charge in [0.05, 0.1) is 0 Å². The molecule has 1 amide bonds. The molecule has 0 aromatic heterocycles. The lowest BCUT2D eigenvalue weighted by atomic mass is 10.6. The van der Waals surface area contributed by atoms with Crippen LogP contribution in [0.25, 0.3) is 0 Å². The highest BCUT2D eigenvalue weighted by molar-refractivity contribution is 7.32. The maximum absolute atomic E-state index is 10.5. The SMILES string of the molecule is CCNC(=O)CO[PH](=O)O. The normalized spacial score (nSPS) is 12.6. The first-order valence-corrected chi connectivity index (χ1v) is 4.05. The largest absolute Gasteiger partial charge is 0.354 e. The van der Waals surface area contributed by atoms with E-state index in [9.17, 15) is 9.36 Å². The Bertz CT molecular complexity index is 137. The molecule has 0 aliphatic carbocycles. The lowest BCUT2D eigenvalue weighted by molar-refractivity contribution is -0.123. The number of amides is 1. The van der Waals surface area contributed by atoms with Crippen LogP contribution in [0.5, 0.6) is 0 Å². The molecule has 60 valence electrons. The van der Waals surface area contributed by atoms with E-state index < -0.39 is 8.25 Å². The van der Waals surface area contributed by atoms with Gasteiger partial charge in [0.2, 0.25) is 5.91 Å². The molecule has 0 spiro atoms. The fraction of sp³-hybridized carbons (Fsp3) is 0.750. The van der Waals surface area contributed by atoms with Crippen molar-refractivity contribution in [3.63, 3.8) is 0 Å². The minimum atomic E-state index is -2.96. The molecule has 5 nitrogen and oxygen atoms in total. The van der Waals surface area contributed by atoms with Crippen molar-refractivity contribution in [2.24, 2.45) is 0 Å². The Morgan fingerprint density at radius 1 is 1.80 bits per heavy atom. The van der Waals surface area contributed by atoms with E-state index in [-0.39, 0.29) is 12.5 Å². The summed E-state index contributed by atoms with van der Waals surface area (Å²) < 4.78 is 14.0. The molecule has 0 saturated carbocycles. The van der Waals surface area contributed by atoms with Crippen molar-refractivity contribution < 1.29 is 18.8 Å².